The van der Waals surface area contributed by atoms with Gasteiger partial charge in [-0.05, 0) is 6.42 Å². The predicted octanol–water partition coefficient (Wildman–Crippen LogP) is 0.542. The van der Waals surface area contributed by atoms with Crippen LogP contribution in [0.3, 0.4) is 0 Å². The van der Waals surface area contributed by atoms with Crippen molar-refractivity contribution in [3.63, 3.8) is 0 Å². The van der Waals surface area contributed by atoms with E-state index in [1.54, 1.807) is 0 Å². The zero-order valence-corrected chi connectivity index (χ0v) is 12.5. The van der Waals surface area contributed by atoms with Gasteiger partial charge >= 0.3 is 0 Å². The second kappa shape index (κ2) is 9.68. The monoisotopic (exact) mass is 289 g/mol. The van der Waals surface area contributed by atoms with Crippen molar-refractivity contribution in [1.29, 1.82) is 0 Å². The number of hydrogen-bond acceptors (Lipinski definition) is 5. The van der Waals surface area contributed by atoms with Crippen LogP contribution in [0.2, 0.25) is 0 Å². The van der Waals surface area contributed by atoms with E-state index in [9.17, 15) is 15.3 Å². The summed E-state index contributed by atoms with van der Waals surface area (Å²) in [6.45, 7) is 1.96. The van der Waals surface area contributed by atoms with E-state index in [2.05, 4.69) is 12.2 Å². The lowest BCUT2D eigenvalue weighted by molar-refractivity contribution is -0.00443. The number of aliphatic hydroxyl groups is 4. The molecule has 0 bridgehead atoms. The van der Waals surface area contributed by atoms with Gasteiger partial charge in [0.15, 0.2) is 0 Å². The fourth-order valence-corrected chi connectivity index (χ4v) is 2.88. The zero-order chi connectivity index (χ0) is 15.0. The highest BCUT2D eigenvalue weighted by molar-refractivity contribution is 5.00. The molecule has 5 heteroatoms. The minimum Gasteiger partial charge on any atom is -0.395 e. The van der Waals surface area contributed by atoms with Crippen LogP contribution in [-0.4, -0.2) is 57.4 Å². The first-order chi connectivity index (χ1) is 9.61. The van der Waals surface area contributed by atoms with Crippen LogP contribution in [0.25, 0.3) is 0 Å². The molecule has 0 radical (unpaired) electrons. The van der Waals surface area contributed by atoms with Gasteiger partial charge in [0.25, 0.3) is 0 Å². The van der Waals surface area contributed by atoms with Gasteiger partial charge < -0.3 is 25.7 Å². The molecule has 0 aromatic rings. The molecule has 0 amide bonds. The van der Waals surface area contributed by atoms with Crippen molar-refractivity contribution in [1.82, 2.24) is 5.32 Å². The van der Waals surface area contributed by atoms with Crippen molar-refractivity contribution in [3.8, 4) is 0 Å². The van der Waals surface area contributed by atoms with E-state index in [1.807, 2.05) is 0 Å². The normalized spacial score (nSPS) is 31.6. The molecule has 1 aliphatic rings. The maximum Gasteiger partial charge on any atom is 0.0993 e. The van der Waals surface area contributed by atoms with Crippen molar-refractivity contribution in [2.45, 2.75) is 88.7 Å². The molecule has 5 N–H and O–H groups in total. The molecule has 0 aliphatic carbocycles. The van der Waals surface area contributed by atoms with Gasteiger partial charge in [-0.2, -0.15) is 0 Å². The van der Waals surface area contributed by atoms with Crippen LogP contribution in [0.5, 0.6) is 0 Å². The molecular formula is C15H31NO4. The summed E-state index contributed by atoms with van der Waals surface area (Å²) in [5.74, 6) is 0. The van der Waals surface area contributed by atoms with Gasteiger partial charge in [-0.1, -0.05) is 51.9 Å². The lowest BCUT2D eigenvalue weighted by atomic mass is 9.98. The van der Waals surface area contributed by atoms with Gasteiger partial charge in [0.05, 0.1) is 37.0 Å². The fraction of sp³-hybridized carbons (Fsp3) is 1.00. The third-order valence-electron chi connectivity index (χ3n) is 4.25. The summed E-state index contributed by atoms with van der Waals surface area (Å²) in [5, 5.41) is 41.6. The number of unbranched alkanes of at least 4 members (excludes halogenated alkanes) is 6. The van der Waals surface area contributed by atoms with Crippen LogP contribution in [-0.2, 0) is 0 Å². The van der Waals surface area contributed by atoms with Crippen LogP contribution in [0.4, 0.5) is 0 Å². The van der Waals surface area contributed by atoms with E-state index < -0.39 is 30.4 Å². The standard InChI is InChI=1S/C15H31NO4/c1-2-3-4-5-6-7-8-9-12(18)13-15(20)14(19)11(10-17)16-13/h11-20H,2-10H2,1H3/t11-,12+,13-,14-,15-/m1/s1. The van der Waals surface area contributed by atoms with Crippen LogP contribution < -0.4 is 5.32 Å². The second-order valence-electron chi connectivity index (χ2n) is 5.94. The lowest BCUT2D eigenvalue weighted by Crippen LogP contribution is -2.44. The van der Waals surface area contributed by atoms with Gasteiger partial charge in [-0.15, -0.1) is 0 Å². The quantitative estimate of drug-likeness (QED) is 0.379. The Morgan fingerprint density at radius 1 is 0.950 bits per heavy atom. The average molecular weight is 289 g/mol. The van der Waals surface area contributed by atoms with Crippen LogP contribution in [0.1, 0.15) is 58.3 Å². The highest BCUT2D eigenvalue weighted by Crippen LogP contribution is 2.20. The maximum absolute atomic E-state index is 10.1. The molecular weight excluding hydrogens is 258 g/mol. The second-order valence-corrected chi connectivity index (χ2v) is 5.94. The van der Waals surface area contributed by atoms with Crippen molar-refractivity contribution in [3.05, 3.63) is 0 Å². The summed E-state index contributed by atoms with van der Waals surface area (Å²) in [6, 6.07) is -1.08. The Morgan fingerprint density at radius 3 is 2.10 bits per heavy atom. The van der Waals surface area contributed by atoms with Crippen molar-refractivity contribution >= 4 is 0 Å². The SMILES string of the molecule is CCCCCCCCC[C@H](O)[C@H]1N[C@H](CO)[C@@H](O)[C@@H]1O. The molecule has 0 unspecified atom stereocenters. The third-order valence-corrected chi connectivity index (χ3v) is 4.25. The van der Waals surface area contributed by atoms with Gasteiger partial charge in [0, 0.05) is 0 Å². The molecule has 5 nitrogen and oxygen atoms in total. The van der Waals surface area contributed by atoms with Gasteiger partial charge in [0.2, 0.25) is 0 Å². The highest BCUT2D eigenvalue weighted by atomic mass is 16.3. The first-order valence-electron chi connectivity index (χ1n) is 8.03. The summed E-state index contributed by atoms with van der Waals surface area (Å²) >= 11 is 0. The number of nitrogens with one attached hydrogen (secondary N) is 1. The van der Waals surface area contributed by atoms with Crippen LogP contribution in [0, 0.1) is 0 Å². The smallest absolute Gasteiger partial charge is 0.0993 e. The minimum absolute atomic E-state index is 0.237. The van der Waals surface area contributed by atoms with E-state index in [1.165, 1.54) is 32.1 Å². The first kappa shape index (κ1) is 17.9. The Kier molecular flexibility index (Phi) is 8.64. The molecule has 0 spiro atoms. The molecule has 1 saturated heterocycles. The summed E-state index contributed by atoms with van der Waals surface area (Å²) in [4.78, 5) is 0. The molecule has 1 rings (SSSR count). The molecule has 0 aromatic heterocycles. The summed E-state index contributed by atoms with van der Waals surface area (Å²) in [5.41, 5.74) is 0. The Balaban J connectivity index is 2.15. The zero-order valence-electron chi connectivity index (χ0n) is 12.5. The molecule has 120 valence electrons. The summed E-state index contributed by atoms with van der Waals surface area (Å²) in [6.07, 6.45) is 6.22. The van der Waals surface area contributed by atoms with Gasteiger partial charge in [0.1, 0.15) is 0 Å². The maximum atomic E-state index is 10.1. The van der Waals surface area contributed by atoms with E-state index >= 15 is 0 Å². The van der Waals surface area contributed by atoms with E-state index in [4.69, 9.17) is 5.11 Å². The van der Waals surface area contributed by atoms with Crippen molar-refractivity contribution in [2.24, 2.45) is 0 Å². The Labute approximate surface area is 122 Å². The number of hydrogen-bond donors (Lipinski definition) is 5. The fourth-order valence-electron chi connectivity index (χ4n) is 2.88. The lowest BCUT2D eigenvalue weighted by Gasteiger charge is -2.22. The molecule has 1 fully saturated rings. The predicted molar refractivity (Wildman–Crippen MR) is 78.4 cm³/mol. The number of rotatable bonds is 10. The molecule has 0 aromatic carbocycles. The third kappa shape index (κ3) is 5.30. The molecule has 5 atom stereocenters. The molecule has 1 aliphatic heterocycles. The van der Waals surface area contributed by atoms with E-state index in [0.717, 1.165) is 12.8 Å². The van der Waals surface area contributed by atoms with Crippen molar-refractivity contribution < 1.29 is 20.4 Å². The van der Waals surface area contributed by atoms with Crippen molar-refractivity contribution in [2.75, 3.05) is 6.61 Å². The van der Waals surface area contributed by atoms with Crippen LogP contribution >= 0.6 is 0 Å². The molecule has 20 heavy (non-hydrogen) atoms. The van der Waals surface area contributed by atoms with Crippen LogP contribution in [0.15, 0.2) is 0 Å². The van der Waals surface area contributed by atoms with E-state index in [0.29, 0.717) is 6.42 Å². The van der Waals surface area contributed by atoms with E-state index in [-0.39, 0.29) is 6.61 Å². The topological polar surface area (TPSA) is 93.0 Å². The average Bonchev–Trinajstić information content (AvgIpc) is 2.74. The van der Waals surface area contributed by atoms with Gasteiger partial charge in [-0.25, -0.2) is 0 Å². The molecule has 1 heterocycles. The Morgan fingerprint density at radius 2 is 1.55 bits per heavy atom. The largest absolute Gasteiger partial charge is 0.395 e. The Hall–Kier alpha value is -0.200. The minimum atomic E-state index is -1.01. The Bertz CT molecular complexity index is 252. The first-order valence-corrected chi connectivity index (χ1v) is 8.03. The highest BCUT2D eigenvalue weighted by Gasteiger charge is 2.43. The summed E-state index contributed by atoms with van der Waals surface area (Å²) < 4.78 is 0. The molecule has 0 saturated carbocycles. The van der Waals surface area contributed by atoms with Gasteiger partial charge in [-0.3, -0.25) is 0 Å². The number of aliphatic hydroxyl groups excluding tert-OH is 4. The summed E-state index contributed by atoms with van der Waals surface area (Å²) in [7, 11) is 0.